The summed E-state index contributed by atoms with van der Waals surface area (Å²) in [6, 6.07) is 24.6. The van der Waals surface area contributed by atoms with E-state index in [9.17, 15) is 4.39 Å². The fourth-order valence-corrected chi connectivity index (χ4v) is 4.06. The highest BCUT2D eigenvalue weighted by molar-refractivity contribution is 5.51. The van der Waals surface area contributed by atoms with Crippen molar-refractivity contribution < 1.29 is 9.13 Å². The minimum atomic E-state index is -0.187. The summed E-state index contributed by atoms with van der Waals surface area (Å²) >= 11 is 0. The summed E-state index contributed by atoms with van der Waals surface area (Å²) in [6.07, 6.45) is 23.8. The first-order valence-electron chi connectivity index (χ1n) is 14.0. The van der Waals surface area contributed by atoms with Gasteiger partial charge in [-0.05, 0) is 87.4 Å². The number of halogens is 1. The van der Waals surface area contributed by atoms with Crippen LogP contribution in [0.25, 0.3) is 18.2 Å². The van der Waals surface area contributed by atoms with E-state index in [1.807, 2.05) is 93.6 Å². The smallest absolute Gasteiger partial charge is 0.123 e. The fraction of sp³-hybridized carbons (Fsp3) is 0.297. The van der Waals surface area contributed by atoms with Gasteiger partial charge in [0.2, 0.25) is 0 Å². The third-order valence-corrected chi connectivity index (χ3v) is 5.96. The molecule has 0 radical (unpaired) electrons. The zero-order valence-electron chi connectivity index (χ0n) is 24.5. The molecule has 39 heavy (non-hydrogen) atoms. The predicted octanol–water partition coefficient (Wildman–Crippen LogP) is 11.4. The van der Waals surface area contributed by atoms with E-state index in [0.29, 0.717) is 0 Å². The van der Waals surface area contributed by atoms with Gasteiger partial charge < -0.3 is 4.74 Å². The summed E-state index contributed by atoms with van der Waals surface area (Å²) in [5.74, 6) is 1.64. The monoisotopic (exact) mass is 526 g/mol. The highest BCUT2D eigenvalue weighted by Gasteiger charge is 2.08. The third-order valence-electron chi connectivity index (χ3n) is 5.96. The summed E-state index contributed by atoms with van der Waals surface area (Å²) in [5, 5.41) is 0. The third kappa shape index (κ3) is 16.7. The summed E-state index contributed by atoms with van der Waals surface area (Å²) < 4.78 is 17.4. The molecule has 0 aromatic heterocycles. The Kier molecular flexibility index (Phi) is 19.1. The number of ether oxygens (including phenoxy) is 1. The van der Waals surface area contributed by atoms with Crippen LogP contribution in [0.1, 0.15) is 76.5 Å². The van der Waals surface area contributed by atoms with E-state index in [4.69, 9.17) is 4.74 Å². The quantitative estimate of drug-likeness (QED) is 0.300. The molecule has 1 nitrogen and oxygen atoms in total. The summed E-state index contributed by atoms with van der Waals surface area (Å²) in [6.45, 7) is 8.07. The van der Waals surface area contributed by atoms with E-state index < -0.39 is 0 Å². The lowest BCUT2D eigenvalue weighted by Crippen LogP contribution is -2.01. The van der Waals surface area contributed by atoms with Crippen LogP contribution in [0.15, 0.2) is 109 Å². The summed E-state index contributed by atoms with van der Waals surface area (Å²) in [7, 11) is 1.68. The Morgan fingerprint density at radius 3 is 1.69 bits per heavy atom. The molecule has 1 fully saturated rings. The molecule has 0 unspecified atom stereocenters. The van der Waals surface area contributed by atoms with Crippen LogP contribution in [0.5, 0.6) is 5.75 Å². The number of rotatable bonds is 5. The van der Waals surface area contributed by atoms with Crippen LogP contribution in [0.4, 0.5) is 4.39 Å². The van der Waals surface area contributed by atoms with Crippen LogP contribution < -0.4 is 4.74 Å². The number of allylic oxidation sites excluding steroid dienone is 5. The maximum Gasteiger partial charge on any atom is 0.123 e. The first-order valence-corrected chi connectivity index (χ1v) is 14.0. The fourth-order valence-electron chi connectivity index (χ4n) is 4.06. The topological polar surface area (TPSA) is 9.23 Å². The first kappa shape index (κ1) is 33.4. The van der Waals surface area contributed by atoms with Gasteiger partial charge in [-0.3, -0.25) is 0 Å². The van der Waals surface area contributed by atoms with Crippen molar-refractivity contribution in [2.24, 2.45) is 5.92 Å². The van der Waals surface area contributed by atoms with E-state index in [2.05, 4.69) is 37.3 Å². The predicted molar refractivity (Wildman–Crippen MR) is 171 cm³/mol. The van der Waals surface area contributed by atoms with Gasteiger partial charge in [0.15, 0.2) is 0 Å². The second kappa shape index (κ2) is 22.3. The zero-order valence-corrected chi connectivity index (χ0v) is 24.5. The lowest BCUT2D eigenvalue weighted by atomic mass is 9.89. The van der Waals surface area contributed by atoms with Crippen molar-refractivity contribution in [2.75, 3.05) is 7.11 Å². The lowest BCUT2D eigenvalue weighted by molar-refractivity contribution is 0.414. The van der Waals surface area contributed by atoms with Gasteiger partial charge in [0, 0.05) is 0 Å². The SMILES string of the molecule is C/C=C/C1CCCCC1.C/C=C/c1ccc(F)cc1.C/C=C/c1cccc(OC)c1.C/C=C/c1ccccc1. The largest absolute Gasteiger partial charge is 0.497 e. The Labute approximate surface area is 237 Å². The van der Waals surface area contributed by atoms with Gasteiger partial charge in [-0.25, -0.2) is 4.39 Å². The molecule has 0 atom stereocenters. The molecule has 0 amide bonds. The molecule has 3 aromatic carbocycles. The van der Waals surface area contributed by atoms with Crippen molar-refractivity contribution >= 4 is 18.2 Å². The molecule has 0 saturated heterocycles. The van der Waals surface area contributed by atoms with Gasteiger partial charge in [0.25, 0.3) is 0 Å². The molecule has 1 aliphatic carbocycles. The van der Waals surface area contributed by atoms with Gasteiger partial charge in [-0.2, -0.15) is 0 Å². The molecule has 0 heterocycles. The normalized spacial score (nSPS) is 13.4. The molecule has 2 heteroatoms. The van der Waals surface area contributed by atoms with Crippen molar-refractivity contribution in [3.05, 3.63) is 132 Å². The Morgan fingerprint density at radius 2 is 1.15 bits per heavy atom. The molecule has 0 bridgehead atoms. The van der Waals surface area contributed by atoms with Crippen molar-refractivity contribution in [1.29, 1.82) is 0 Å². The molecular formula is C37H47FO. The summed E-state index contributed by atoms with van der Waals surface area (Å²) in [5.41, 5.74) is 3.47. The van der Waals surface area contributed by atoms with E-state index >= 15 is 0 Å². The van der Waals surface area contributed by atoms with E-state index in [-0.39, 0.29) is 5.82 Å². The maximum atomic E-state index is 12.3. The second-order valence-electron chi connectivity index (χ2n) is 9.16. The molecule has 0 N–H and O–H groups in total. The minimum absolute atomic E-state index is 0.187. The van der Waals surface area contributed by atoms with Crippen LogP contribution in [-0.4, -0.2) is 7.11 Å². The van der Waals surface area contributed by atoms with Crippen molar-refractivity contribution in [2.45, 2.75) is 59.8 Å². The number of hydrogen-bond donors (Lipinski definition) is 0. The van der Waals surface area contributed by atoms with Crippen molar-refractivity contribution in [3.8, 4) is 5.75 Å². The van der Waals surface area contributed by atoms with Crippen molar-refractivity contribution in [3.63, 3.8) is 0 Å². The first-order chi connectivity index (χ1) is 19.1. The van der Waals surface area contributed by atoms with Crippen LogP contribution in [0, 0.1) is 11.7 Å². The van der Waals surface area contributed by atoms with Crippen molar-refractivity contribution in [1.82, 2.24) is 0 Å². The zero-order chi connectivity index (χ0) is 28.6. The van der Waals surface area contributed by atoms with Crippen LogP contribution >= 0.6 is 0 Å². The van der Waals surface area contributed by atoms with E-state index in [0.717, 1.165) is 17.2 Å². The average Bonchev–Trinajstić information content (AvgIpc) is 2.97. The molecular weight excluding hydrogens is 479 g/mol. The minimum Gasteiger partial charge on any atom is -0.497 e. The Morgan fingerprint density at radius 1 is 0.615 bits per heavy atom. The highest BCUT2D eigenvalue weighted by Crippen LogP contribution is 2.24. The number of benzene rings is 3. The van der Waals surface area contributed by atoms with Gasteiger partial charge in [0.1, 0.15) is 11.6 Å². The molecule has 1 aliphatic rings. The van der Waals surface area contributed by atoms with Gasteiger partial charge in [-0.1, -0.05) is 122 Å². The summed E-state index contributed by atoms with van der Waals surface area (Å²) in [4.78, 5) is 0. The standard InChI is InChI=1S/C10H12O.C9H9F.C9H16.C9H10/c1-3-5-9-6-4-7-10(8-9)11-2;1-2-3-8-4-6-9(10)7-5-8;2*1-2-6-9-7-4-3-5-8-9/h3-8H,1-2H3;2-7H,1H3;2,6,9H,3-5,7-8H2,1H3;2-8H,1H3/b5-3+;3-2+;2*6-2+. The average molecular weight is 527 g/mol. The van der Waals surface area contributed by atoms with Gasteiger partial charge >= 0.3 is 0 Å². The molecule has 1 saturated carbocycles. The van der Waals surface area contributed by atoms with E-state index in [1.54, 1.807) is 19.2 Å². The van der Waals surface area contributed by atoms with Crippen LogP contribution in [-0.2, 0) is 0 Å². The molecule has 208 valence electrons. The lowest BCUT2D eigenvalue weighted by Gasteiger charge is -2.17. The number of hydrogen-bond acceptors (Lipinski definition) is 1. The number of methoxy groups -OCH3 is 1. The molecule has 3 aromatic rings. The Bertz CT molecular complexity index is 1100. The van der Waals surface area contributed by atoms with Crippen LogP contribution in [0.3, 0.4) is 0 Å². The van der Waals surface area contributed by atoms with E-state index in [1.165, 1.54) is 55.4 Å². The Balaban J connectivity index is 0.000000261. The maximum absolute atomic E-state index is 12.3. The van der Waals surface area contributed by atoms with Crippen LogP contribution in [0.2, 0.25) is 0 Å². The molecule has 4 rings (SSSR count). The highest BCUT2D eigenvalue weighted by atomic mass is 19.1. The second-order valence-corrected chi connectivity index (χ2v) is 9.16. The van der Waals surface area contributed by atoms with Gasteiger partial charge in [-0.15, -0.1) is 0 Å². The molecule has 0 spiro atoms. The molecule has 0 aliphatic heterocycles. The van der Waals surface area contributed by atoms with Gasteiger partial charge in [0.05, 0.1) is 7.11 Å². The Hall–Kier alpha value is -3.65.